The van der Waals surface area contributed by atoms with Gasteiger partial charge in [-0.15, -0.1) is 11.8 Å². The minimum Gasteiger partial charge on any atom is -0.342 e. The van der Waals surface area contributed by atoms with E-state index in [1.165, 1.54) is 16.2 Å². The molecular weight excluding hydrogens is 292 g/mol. The van der Waals surface area contributed by atoms with E-state index in [1.54, 1.807) is 0 Å². The zero-order valence-corrected chi connectivity index (χ0v) is 13.1. The zero-order chi connectivity index (χ0) is 13.2. The molecule has 0 radical (unpaired) electrons. The average Bonchev–Trinajstić information content (AvgIpc) is 2.89. The number of aromatic amines is 1. The molecular formula is C14H14N2S3. The molecule has 0 unspecified atom stereocenters. The van der Waals surface area contributed by atoms with Gasteiger partial charge in [0.1, 0.15) is 10.5 Å². The average molecular weight is 306 g/mol. The van der Waals surface area contributed by atoms with Crippen molar-refractivity contribution in [2.75, 3.05) is 5.75 Å². The number of hydrogen-bond donors (Lipinski definition) is 1. The standard InChI is InChI=1S/C14H14N2S3/c1-2-19-10-5-3-9(4-6-10)13-15-12-8-18-7-11(12)14(17)16-13/h3-6H,2,7-8H2,1H3,(H,15,16,17). The molecule has 19 heavy (non-hydrogen) atoms. The van der Waals surface area contributed by atoms with Gasteiger partial charge in [0, 0.05) is 33.2 Å². The molecule has 2 aromatic rings. The molecule has 0 saturated carbocycles. The van der Waals surface area contributed by atoms with Gasteiger partial charge in [0.2, 0.25) is 0 Å². The van der Waals surface area contributed by atoms with E-state index in [2.05, 4.69) is 41.2 Å². The Morgan fingerprint density at radius 1 is 1.32 bits per heavy atom. The fraction of sp³-hybridized carbons (Fsp3) is 0.286. The van der Waals surface area contributed by atoms with Crippen molar-refractivity contribution < 1.29 is 0 Å². The minimum absolute atomic E-state index is 0.751. The van der Waals surface area contributed by atoms with Gasteiger partial charge in [0.05, 0.1) is 0 Å². The van der Waals surface area contributed by atoms with E-state index in [1.807, 2.05) is 23.5 Å². The van der Waals surface area contributed by atoms with Gasteiger partial charge in [-0.05, 0) is 17.9 Å². The van der Waals surface area contributed by atoms with Gasteiger partial charge in [0.15, 0.2) is 0 Å². The van der Waals surface area contributed by atoms with Crippen LogP contribution in [0.15, 0.2) is 29.2 Å². The second-order valence-corrected chi connectivity index (χ2v) is 7.01. The first kappa shape index (κ1) is 13.2. The van der Waals surface area contributed by atoms with Crippen molar-refractivity contribution in [3.05, 3.63) is 40.2 Å². The molecule has 0 aliphatic carbocycles. The maximum atomic E-state index is 5.38. The van der Waals surface area contributed by atoms with Crippen molar-refractivity contribution in [1.82, 2.24) is 9.97 Å². The van der Waals surface area contributed by atoms with Crippen LogP contribution in [0.2, 0.25) is 0 Å². The van der Waals surface area contributed by atoms with Gasteiger partial charge in [0.25, 0.3) is 0 Å². The van der Waals surface area contributed by atoms with Gasteiger partial charge in [-0.1, -0.05) is 31.3 Å². The minimum atomic E-state index is 0.751. The van der Waals surface area contributed by atoms with Gasteiger partial charge < -0.3 is 4.98 Å². The van der Waals surface area contributed by atoms with E-state index in [0.29, 0.717) is 0 Å². The molecule has 1 aliphatic rings. The first-order valence-corrected chi connectivity index (χ1v) is 8.76. The van der Waals surface area contributed by atoms with Crippen LogP contribution in [0.25, 0.3) is 11.4 Å². The number of thioether (sulfide) groups is 2. The van der Waals surface area contributed by atoms with Crippen LogP contribution < -0.4 is 0 Å². The molecule has 0 atom stereocenters. The largest absolute Gasteiger partial charge is 0.342 e. The van der Waals surface area contributed by atoms with Crippen LogP contribution in [-0.2, 0) is 11.5 Å². The summed E-state index contributed by atoms with van der Waals surface area (Å²) >= 11 is 9.12. The monoisotopic (exact) mass is 306 g/mol. The highest BCUT2D eigenvalue weighted by molar-refractivity contribution is 7.99. The number of aromatic nitrogens is 2. The molecule has 0 fully saturated rings. The van der Waals surface area contributed by atoms with Gasteiger partial charge in [-0.3, -0.25) is 0 Å². The zero-order valence-electron chi connectivity index (χ0n) is 10.6. The molecule has 0 bridgehead atoms. The van der Waals surface area contributed by atoms with Gasteiger partial charge >= 0.3 is 0 Å². The van der Waals surface area contributed by atoms with Crippen LogP contribution in [0.5, 0.6) is 0 Å². The van der Waals surface area contributed by atoms with Crippen LogP contribution in [0.3, 0.4) is 0 Å². The summed E-state index contributed by atoms with van der Waals surface area (Å²) in [6, 6.07) is 8.51. The molecule has 2 heterocycles. The van der Waals surface area contributed by atoms with E-state index in [-0.39, 0.29) is 0 Å². The highest BCUT2D eigenvalue weighted by Crippen LogP contribution is 2.30. The molecule has 1 aliphatic heterocycles. The smallest absolute Gasteiger partial charge is 0.139 e. The van der Waals surface area contributed by atoms with E-state index in [9.17, 15) is 0 Å². The lowest BCUT2D eigenvalue weighted by Crippen LogP contribution is -1.97. The SMILES string of the molecule is CCSc1ccc(-c2nc(=S)c3c([nH]2)CSC3)cc1. The number of fused-ring (bicyclic) bond motifs is 1. The fourth-order valence-electron chi connectivity index (χ4n) is 2.08. The first-order valence-electron chi connectivity index (χ1n) is 6.21. The normalized spacial score (nSPS) is 13.5. The van der Waals surface area contributed by atoms with E-state index < -0.39 is 0 Å². The number of hydrogen-bond acceptors (Lipinski definition) is 4. The molecule has 0 amide bonds. The Morgan fingerprint density at radius 3 is 2.84 bits per heavy atom. The van der Waals surface area contributed by atoms with Crippen LogP contribution in [0, 0.1) is 4.64 Å². The first-order chi connectivity index (χ1) is 9.28. The molecule has 1 N–H and O–H groups in total. The second kappa shape index (κ2) is 5.69. The highest BCUT2D eigenvalue weighted by atomic mass is 32.2. The van der Waals surface area contributed by atoms with Crippen molar-refractivity contribution >= 4 is 35.7 Å². The summed E-state index contributed by atoms with van der Waals surface area (Å²) in [6.45, 7) is 2.16. The number of rotatable bonds is 3. The van der Waals surface area contributed by atoms with Crippen molar-refractivity contribution in [3.63, 3.8) is 0 Å². The lowest BCUT2D eigenvalue weighted by atomic mass is 10.2. The predicted molar refractivity (Wildman–Crippen MR) is 86.3 cm³/mol. The van der Waals surface area contributed by atoms with E-state index in [0.717, 1.165) is 33.3 Å². The summed E-state index contributed by atoms with van der Waals surface area (Å²) in [5.74, 6) is 3.98. The number of benzene rings is 1. The van der Waals surface area contributed by atoms with Crippen molar-refractivity contribution in [2.45, 2.75) is 23.3 Å². The topological polar surface area (TPSA) is 28.7 Å². The Morgan fingerprint density at radius 2 is 2.11 bits per heavy atom. The predicted octanol–water partition coefficient (Wildman–Crippen LogP) is 4.66. The van der Waals surface area contributed by atoms with Crippen molar-refractivity contribution in [2.24, 2.45) is 0 Å². The Bertz CT molecular complexity index is 647. The number of H-pyrrole nitrogens is 1. The summed E-state index contributed by atoms with van der Waals surface area (Å²) in [4.78, 5) is 9.25. The summed E-state index contributed by atoms with van der Waals surface area (Å²) in [5, 5.41) is 0. The molecule has 2 nitrogen and oxygen atoms in total. The summed E-state index contributed by atoms with van der Waals surface area (Å²) < 4.78 is 0.751. The maximum absolute atomic E-state index is 5.38. The third-order valence-corrected chi connectivity index (χ3v) is 5.25. The second-order valence-electron chi connectivity index (χ2n) is 4.30. The molecule has 5 heteroatoms. The van der Waals surface area contributed by atoms with Crippen molar-refractivity contribution in [3.8, 4) is 11.4 Å². The number of nitrogens with zero attached hydrogens (tertiary/aromatic N) is 1. The molecule has 0 saturated heterocycles. The molecule has 1 aromatic heterocycles. The quantitative estimate of drug-likeness (QED) is 0.659. The lowest BCUT2D eigenvalue weighted by Gasteiger charge is -2.06. The molecule has 1 aromatic carbocycles. The Hall–Kier alpha value is -0.780. The van der Waals surface area contributed by atoms with E-state index in [4.69, 9.17) is 12.2 Å². The Labute approximate surface area is 126 Å². The Balaban J connectivity index is 1.98. The third-order valence-electron chi connectivity index (χ3n) is 3.04. The van der Waals surface area contributed by atoms with E-state index >= 15 is 0 Å². The van der Waals surface area contributed by atoms with Crippen LogP contribution >= 0.6 is 35.7 Å². The number of nitrogens with one attached hydrogen (secondary N) is 1. The summed E-state index contributed by atoms with van der Waals surface area (Å²) in [5.41, 5.74) is 3.56. The highest BCUT2D eigenvalue weighted by Gasteiger charge is 2.15. The van der Waals surface area contributed by atoms with Crippen LogP contribution in [0.4, 0.5) is 0 Å². The lowest BCUT2D eigenvalue weighted by molar-refractivity contribution is 1.06. The van der Waals surface area contributed by atoms with Crippen LogP contribution in [-0.4, -0.2) is 15.7 Å². The molecule has 0 spiro atoms. The maximum Gasteiger partial charge on any atom is 0.139 e. The summed E-state index contributed by atoms with van der Waals surface area (Å²) in [7, 11) is 0. The fourth-order valence-corrected chi connectivity index (χ4v) is 4.19. The molecule has 98 valence electrons. The van der Waals surface area contributed by atoms with Gasteiger partial charge in [-0.25, -0.2) is 4.98 Å². The summed E-state index contributed by atoms with van der Waals surface area (Å²) in [6.07, 6.45) is 0. The molecule has 3 rings (SSSR count). The van der Waals surface area contributed by atoms with Crippen LogP contribution in [0.1, 0.15) is 18.2 Å². The Kier molecular flexibility index (Phi) is 3.96. The third kappa shape index (κ3) is 2.73. The van der Waals surface area contributed by atoms with Gasteiger partial charge in [-0.2, -0.15) is 11.8 Å². The van der Waals surface area contributed by atoms with Crippen molar-refractivity contribution in [1.29, 1.82) is 0 Å².